The Bertz CT molecular complexity index is 320. The van der Waals surface area contributed by atoms with Crippen LogP contribution in [0.15, 0.2) is 18.2 Å². The van der Waals surface area contributed by atoms with Crippen LogP contribution in [0.2, 0.25) is 0 Å². The van der Waals surface area contributed by atoms with E-state index in [1.807, 2.05) is 0 Å². The van der Waals surface area contributed by atoms with Gasteiger partial charge < -0.3 is 10.0 Å². The number of nitrogens with zero attached hydrogens (tertiary/aromatic N) is 1. The lowest BCUT2D eigenvalue weighted by molar-refractivity contribution is -0.122. The predicted molar refractivity (Wildman–Crippen MR) is 68.2 cm³/mol. The lowest BCUT2D eigenvalue weighted by Gasteiger charge is -2.23. The summed E-state index contributed by atoms with van der Waals surface area (Å²) in [7, 11) is 0. The highest BCUT2D eigenvalue weighted by molar-refractivity contribution is 5.54. The zero-order valence-electron chi connectivity index (χ0n) is 10.5. The van der Waals surface area contributed by atoms with Gasteiger partial charge in [0.1, 0.15) is 0 Å². The van der Waals surface area contributed by atoms with E-state index < -0.39 is 0 Å². The summed E-state index contributed by atoms with van der Waals surface area (Å²) < 4.78 is 0. The smallest absolute Gasteiger partial charge is 0.290 e. The van der Waals surface area contributed by atoms with E-state index in [4.69, 9.17) is 9.90 Å². The van der Waals surface area contributed by atoms with Gasteiger partial charge in [0.15, 0.2) is 0 Å². The van der Waals surface area contributed by atoms with E-state index in [9.17, 15) is 0 Å². The van der Waals surface area contributed by atoms with Crippen molar-refractivity contribution in [2.75, 3.05) is 18.0 Å². The van der Waals surface area contributed by atoms with E-state index in [0.29, 0.717) is 0 Å². The summed E-state index contributed by atoms with van der Waals surface area (Å²) in [5.74, 6) is 0. The van der Waals surface area contributed by atoms with Crippen molar-refractivity contribution in [1.82, 2.24) is 0 Å². The van der Waals surface area contributed by atoms with E-state index in [2.05, 4.69) is 50.8 Å². The Labute approximate surface area is 97.7 Å². The molecule has 3 nitrogen and oxygen atoms in total. The molecule has 0 aromatic heterocycles. The van der Waals surface area contributed by atoms with Gasteiger partial charge in [-0.25, -0.2) is 0 Å². The van der Waals surface area contributed by atoms with Crippen LogP contribution in [0.4, 0.5) is 5.69 Å². The number of rotatable bonds is 3. The molecular weight excluding hydrogens is 202 g/mol. The van der Waals surface area contributed by atoms with E-state index in [1.165, 1.54) is 16.8 Å². The van der Waals surface area contributed by atoms with Crippen LogP contribution < -0.4 is 4.90 Å². The van der Waals surface area contributed by atoms with Gasteiger partial charge in [-0.1, -0.05) is 17.7 Å². The first-order valence-electron chi connectivity index (χ1n) is 5.50. The molecule has 1 N–H and O–H groups in total. The van der Waals surface area contributed by atoms with Gasteiger partial charge in [-0.2, -0.15) is 0 Å². The van der Waals surface area contributed by atoms with Crippen molar-refractivity contribution in [3.05, 3.63) is 29.3 Å². The van der Waals surface area contributed by atoms with Crippen molar-refractivity contribution in [3.63, 3.8) is 0 Å². The Morgan fingerprint density at radius 3 is 2.12 bits per heavy atom. The van der Waals surface area contributed by atoms with Crippen molar-refractivity contribution in [2.45, 2.75) is 27.7 Å². The molecule has 0 amide bonds. The fourth-order valence-electron chi connectivity index (χ4n) is 1.72. The molecule has 0 aliphatic rings. The van der Waals surface area contributed by atoms with Crippen molar-refractivity contribution >= 4 is 12.2 Å². The van der Waals surface area contributed by atoms with Crippen LogP contribution in [-0.4, -0.2) is 24.7 Å². The molecule has 1 rings (SSSR count). The third-order valence-corrected chi connectivity index (χ3v) is 2.46. The number of benzene rings is 1. The molecule has 0 atom stereocenters. The average molecular weight is 223 g/mol. The highest BCUT2D eigenvalue weighted by Gasteiger charge is 2.04. The first-order valence-corrected chi connectivity index (χ1v) is 5.50. The highest BCUT2D eigenvalue weighted by atomic mass is 16.3. The summed E-state index contributed by atoms with van der Waals surface area (Å²) in [4.78, 5) is 10.7. The van der Waals surface area contributed by atoms with Crippen LogP contribution in [0.3, 0.4) is 0 Å². The minimum absolute atomic E-state index is 0.250. The van der Waals surface area contributed by atoms with Crippen molar-refractivity contribution in [1.29, 1.82) is 0 Å². The molecule has 0 unspecified atom stereocenters. The molecule has 0 heterocycles. The van der Waals surface area contributed by atoms with E-state index in [-0.39, 0.29) is 6.47 Å². The second kappa shape index (κ2) is 7.74. The fraction of sp³-hybridized carbons (Fsp3) is 0.462. The molecule has 0 spiro atoms. The molecule has 16 heavy (non-hydrogen) atoms. The zero-order chi connectivity index (χ0) is 12.6. The number of hydrogen-bond donors (Lipinski definition) is 1. The molecule has 0 aliphatic carbocycles. The first-order chi connectivity index (χ1) is 7.60. The quantitative estimate of drug-likeness (QED) is 0.801. The van der Waals surface area contributed by atoms with Gasteiger partial charge >= 0.3 is 0 Å². The van der Waals surface area contributed by atoms with Gasteiger partial charge in [0.2, 0.25) is 0 Å². The topological polar surface area (TPSA) is 40.5 Å². The normalized spacial score (nSPS) is 9.00. The molecule has 0 aliphatic heterocycles. The van der Waals surface area contributed by atoms with Gasteiger partial charge in [-0.3, -0.25) is 4.79 Å². The summed E-state index contributed by atoms with van der Waals surface area (Å²) in [5.41, 5.74) is 4.09. The Kier molecular flexibility index (Phi) is 7.01. The summed E-state index contributed by atoms with van der Waals surface area (Å²) in [5, 5.41) is 6.89. The highest BCUT2D eigenvalue weighted by Crippen LogP contribution is 2.20. The third-order valence-electron chi connectivity index (χ3n) is 2.46. The number of carboxylic acid groups (broad SMARTS) is 1. The van der Waals surface area contributed by atoms with Crippen LogP contribution in [0.25, 0.3) is 0 Å². The lowest BCUT2D eigenvalue weighted by Crippen LogP contribution is -2.22. The number of hydrogen-bond acceptors (Lipinski definition) is 2. The van der Waals surface area contributed by atoms with E-state index in [0.717, 1.165) is 13.1 Å². The van der Waals surface area contributed by atoms with Gasteiger partial charge in [-0.15, -0.1) is 0 Å². The molecule has 0 radical (unpaired) electrons. The first kappa shape index (κ1) is 14.5. The van der Waals surface area contributed by atoms with Gasteiger partial charge in [0.05, 0.1) is 0 Å². The maximum Gasteiger partial charge on any atom is 0.290 e. The van der Waals surface area contributed by atoms with Crippen molar-refractivity contribution in [3.8, 4) is 0 Å². The van der Waals surface area contributed by atoms with Crippen LogP contribution in [-0.2, 0) is 4.79 Å². The van der Waals surface area contributed by atoms with Crippen molar-refractivity contribution in [2.24, 2.45) is 0 Å². The zero-order valence-corrected chi connectivity index (χ0v) is 10.5. The molecule has 3 heteroatoms. The van der Waals surface area contributed by atoms with Crippen LogP contribution >= 0.6 is 0 Å². The van der Waals surface area contributed by atoms with E-state index >= 15 is 0 Å². The summed E-state index contributed by atoms with van der Waals surface area (Å²) >= 11 is 0. The lowest BCUT2D eigenvalue weighted by atomic mass is 10.1. The van der Waals surface area contributed by atoms with Crippen molar-refractivity contribution < 1.29 is 9.90 Å². The molecule has 1 aromatic rings. The second-order valence-corrected chi connectivity index (χ2v) is 3.57. The maximum absolute atomic E-state index is 8.36. The maximum atomic E-state index is 8.36. The molecule has 0 saturated carbocycles. The fourth-order valence-corrected chi connectivity index (χ4v) is 1.72. The van der Waals surface area contributed by atoms with Gasteiger partial charge in [0, 0.05) is 18.8 Å². The number of carbonyl (C=O) groups is 1. The molecule has 0 saturated heterocycles. The minimum Gasteiger partial charge on any atom is -0.483 e. The van der Waals surface area contributed by atoms with E-state index in [1.54, 1.807) is 0 Å². The molecular formula is C13H21NO2. The molecule has 90 valence electrons. The predicted octanol–water partition coefficient (Wildman–Crippen LogP) is 2.85. The Balaban J connectivity index is 0.000000673. The minimum atomic E-state index is -0.250. The number of anilines is 1. The Morgan fingerprint density at radius 2 is 1.75 bits per heavy atom. The Hall–Kier alpha value is -1.51. The summed E-state index contributed by atoms with van der Waals surface area (Å²) in [6, 6.07) is 6.64. The summed E-state index contributed by atoms with van der Waals surface area (Å²) in [6.45, 7) is 10.6. The van der Waals surface area contributed by atoms with Gasteiger partial charge in [-0.05, 0) is 39.3 Å². The van der Waals surface area contributed by atoms with Crippen LogP contribution in [0.5, 0.6) is 0 Å². The monoisotopic (exact) mass is 223 g/mol. The van der Waals surface area contributed by atoms with Gasteiger partial charge in [0.25, 0.3) is 6.47 Å². The molecule has 0 bridgehead atoms. The summed E-state index contributed by atoms with van der Waals surface area (Å²) in [6.07, 6.45) is 0. The molecule has 0 fully saturated rings. The third kappa shape index (κ3) is 4.34. The SMILES string of the molecule is CCN(CC)c1ccc(C)cc1C.O=CO. The van der Waals surface area contributed by atoms with Crippen LogP contribution in [0, 0.1) is 13.8 Å². The standard InChI is InChI=1S/C12H19N.CH2O2/c1-5-13(6-2)12-8-7-10(3)9-11(12)4;2-1-3/h7-9H,5-6H2,1-4H3;1H,(H,2,3). The number of aryl methyl sites for hydroxylation is 2. The Morgan fingerprint density at radius 1 is 1.25 bits per heavy atom. The van der Waals surface area contributed by atoms with Crippen LogP contribution in [0.1, 0.15) is 25.0 Å². The largest absolute Gasteiger partial charge is 0.483 e. The molecule has 1 aromatic carbocycles. The average Bonchev–Trinajstić information content (AvgIpc) is 2.24. The second-order valence-electron chi connectivity index (χ2n) is 3.57.